The third-order valence-corrected chi connectivity index (χ3v) is 6.45. The normalized spacial score (nSPS) is 22.2. The van der Waals surface area contributed by atoms with E-state index in [0.717, 1.165) is 36.8 Å². The van der Waals surface area contributed by atoms with Gasteiger partial charge in [0.2, 0.25) is 10.0 Å². The van der Waals surface area contributed by atoms with Gasteiger partial charge in [0, 0.05) is 6.04 Å². The molecule has 0 amide bonds. The fourth-order valence-corrected chi connectivity index (χ4v) is 5.00. The molecule has 1 saturated carbocycles. The number of sulfonamides is 1. The third-order valence-electron chi connectivity index (χ3n) is 4.78. The molecule has 1 unspecified atom stereocenters. The predicted octanol–water partition coefficient (Wildman–Crippen LogP) is 3.13. The van der Waals surface area contributed by atoms with Gasteiger partial charge in [-0.1, -0.05) is 32.8 Å². The summed E-state index contributed by atoms with van der Waals surface area (Å²) in [4.78, 5) is 0.240. The predicted molar refractivity (Wildman–Crippen MR) is 86.7 cm³/mol. The number of aryl methyl sites for hydroxylation is 1. The summed E-state index contributed by atoms with van der Waals surface area (Å²) < 4.78 is 28.5. The summed E-state index contributed by atoms with van der Waals surface area (Å²) in [7, 11) is -3.59. The van der Waals surface area contributed by atoms with Crippen molar-refractivity contribution in [3.8, 4) is 0 Å². The standard InChI is InChI=1S/C16H26N2O2S/c1-11-8-9-13(17)15(12(11)2)21(19,20)18-14-7-5-6-10-16(14,3)4/h8-9,14,18H,5-7,10,17H2,1-4H3. The number of hydrogen-bond donors (Lipinski definition) is 2. The number of anilines is 1. The average molecular weight is 310 g/mol. The highest BCUT2D eigenvalue weighted by Crippen LogP contribution is 2.37. The highest BCUT2D eigenvalue weighted by molar-refractivity contribution is 7.89. The molecule has 1 aliphatic rings. The number of nitrogen functional groups attached to an aromatic ring is 1. The monoisotopic (exact) mass is 310 g/mol. The Labute approximate surface area is 128 Å². The van der Waals surface area contributed by atoms with Crippen molar-refractivity contribution in [2.24, 2.45) is 5.41 Å². The van der Waals surface area contributed by atoms with Gasteiger partial charge in [-0.2, -0.15) is 0 Å². The van der Waals surface area contributed by atoms with Crippen LogP contribution in [0.2, 0.25) is 0 Å². The van der Waals surface area contributed by atoms with Gasteiger partial charge in [-0.15, -0.1) is 0 Å². The second kappa shape index (κ2) is 5.61. The van der Waals surface area contributed by atoms with E-state index in [-0.39, 0.29) is 16.4 Å². The van der Waals surface area contributed by atoms with Crippen LogP contribution in [0.25, 0.3) is 0 Å². The van der Waals surface area contributed by atoms with Crippen molar-refractivity contribution in [2.75, 3.05) is 5.73 Å². The summed E-state index contributed by atoms with van der Waals surface area (Å²) in [6.07, 6.45) is 4.16. The van der Waals surface area contributed by atoms with Crippen LogP contribution in [0.15, 0.2) is 17.0 Å². The molecule has 1 atom stereocenters. The summed E-state index contributed by atoms with van der Waals surface area (Å²) in [5, 5.41) is 0. The molecule has 1 fully saturated rings. The van der Waals surface area contributed by atoms with Crippen molar-refractivity contribution in [2.45, 2.75) is 64.3 Å². The second-order valence-electron chi connectivity index (χ2n) is 6.83. The van der Waals surface area contributed by atoms with E-state index in [2.05, 4.69) is 18.6 Å². The van der Waals surface area contributed by atoms with Gasteiger partial charge in [0.05, 0.1) is 5.69 Å². The van der Waals surface area contributed by atoms with Crippen LogP contribution in [-0.4, -0.2) is 14.5 Å². The molecule has 0 radical (unpaired) electrons. The van der Waals surface area contributed by atoms with Crippen molar-refractivity contribution in [3.63, 3.8) is 0 Å². The van der Waals surface area contributed by atoms with Gasteiger partial charge in [0.1, 0.15) is 4.90 Å². The highest BCUT2D eigenvalue weighted by Gasteiger charge is 2.36. The lowest BCUT2D eigenvalue weighted by molar-refractivity contribution is 0.188. The molecule has 0 bridgehead atoms. The Morgan fingerprint density at radius 3 is 2.52 bits per heavy atom. The number of nitrogens with one attached hydrogen (secondary N) is 1. The van der Waals surface area contributed by atoms with Crippen molar-refractivity contribution in [1.82, 2.24) is 4.72 Å². The second-order valence-corrected chi connectivity index (χ2v) is 8.48. The van der Waals surface area contributed by atoms with Gasteiger partial charge in [-0.3, -0.25) is 0 Å². The number of nitrogens with two attached hydrogens (primary N) is 1. The number of hydrogen-bond acceptors (Lipinski definition) is 3. The Bertz CT molecular complexity index is 636. The van der Waals surface area contributed by atoms with Crippen LogP contribution < -0.4 is 10.5 Å². The van der Waals surface area contributed by atoms with Gasteiger partial charge in [0.25, 0.3) is 0 Å². The van der Waals surface area contributed by atoms with E-state index in [4.69, 9.17) is 5.73 Å². The molecule has 2 rings (SSSR count). The smallest absolute Gasteiger partial charge is 0.243 e. The summed E-state index contributed by atoms with van der Waals surface area (Å²) in [5.74, 6) is 0. The summed E-state index contributed by atoms with van der Waals surface area (Å²) in [6.45, 7) is 7.97. The van der Waals surface area contributed by atoms with Gasteiger partial charge in [0.15, 0.2) is 0 Å². The van der Waals surface area contributed by atoms with Crippen LogP contribution in [0.3, 0.4) is 0 Å². The Balaban J connectivity index is 2.37. The molecule has 0 aliphatic heterocycles. The SMILES string of the molecule is Cc1ccc(N)c(S(=O)(=O)NC2CCCCC2(C)C)c1C. The van der Waals surface area contributed by atoms with Gasteiger partial charge < -0.3 is 5.73 Å². The maximum Gasteiger partial charge on any atom is 0.243 e. The van der Waals surface area contributed by atoms with E-state index in [1.807, 2.05) is 19.9 Å². The highest BCUT2D eigenvalue weighted by atomic mass is 32.2. The molecule has 21 heavy (non-hydrogen) atoms. The van der Waals surface area contributed by atoms with Gasteiger partial charge in [-0.25, -0.2) is 13.1 Å². The van der Waals surface area contributed by atoms with Crippen LogP contribution in [0.5, 0.6) is 0 Å². The fourth-order valence-electron chi connectivity index (χ4n) is 3.13. The van der Waals surface area contributed by atoms with E-state index in [1.54, 1.807) is 6.07 Å². The minimum Gasteiger partial charge on any atom is -0.398 e. The zero-order chi connectivity index (χ0) is 15.8. The molecular formula is C16H26N2O2S. The van der Waals surface area contributed by atoms with Crippen LogP contribution in [0.4, 0.5) is 5.69 Å². The van der Waals surface area contributed by atoms with E-state index in [0.29, 0.717) is 5.69 Å². The van der Waals surface area contributed by atoms with Crippen molar-refractivity contribution >= 4 is 15.7 Å². The molecular weight excluding hydrogens is 284 g/mol. The summed E-state index contributed by atoms with van der Waals surface area (Å²) in [5.41, 5.74) is 7.90. The van der Waals surface area contributed by atoms with E-state index < -0.39 is 10.0 Å². The molecule has 0 spiro atoms. The maximum absolute atomic E-state index is 12.8. The molecule has 118 valence electrons. The minimum atomic E-state index is -3.59. The Morgan fingerprint density at radius 1 is 1.24 bits per heavy atom. The lowest BCUT2D eigenvalue weighted by Gasteiger charge is -2.38. The summed E-state index contributed by atoms with van der Waals surface area (Å²) >= 11 is 0. The zero-order valence-corrected chi connectivity index (χ0v) is 14.2. The van der Waals surface area contributed by atoms with Crippen LogP contribution >= 0.6 is 0 Å². The Kier molecular flexibility index (Phi) is 4.36. The molecule has 1 aromatic rings. The Hall–Kier alpha value is -1.07. The van der Waals surface area contributed by atoms with Crippen molar-refractivity contribution in [3.05, 3.63) is 23.3 Å². The van der Waals surface area contributed by atoms with Gasteiger partial charge >= 0.3 is 0 Å². The van der Waals surface area contributed by atoms with E-state index in [1.165, 1.54) is 0 Å². The lowest BCUT2D eigenvalue weighted by Crippen LogP contribution is -2.47. The van der Waals surface area contributed by atoms with Crippen LogP contribution in [0, 0.1) is 19.3 Å². The third kappa shape index (κ3) is 3.24. The van der Waals surface area contributed by atoms with E-state index >= 15 is 0 Å². The van der Waals surface area contributed by atoms with Gasteiger partial charge in [-0.05, 0) is 49.3 Å². The number of benzene rings is 1. The minimum absolute atomic E-state index is 0.0161. The molecule has 1 aromatic carbocycles. The lowest BCUT2D eigenvalue weighted by atomic mass is 9.74. The van der Waals surface area contributed by atoms with Crippen molar-refractivity contribution in [1.29, 1.82) is 0 Å². The molecule has 0 aromatic heterocycles. The first-order valence-corrected chi connectivity index (χ1v) is 9.01. The molecule has 0 heterocycles. The van der Waals surface area contributed by atoms with E-state index in [9.17, 15) is 8.42 Å². The molecule has 3 N–H and O–H groups in total. The summed E-state index contributed by atoms with van der Waals surface area (Å²) in [6, 6.07) is 3.49. The Morgan fingerprint density at radius 2 is 1.90 bits per heavy atom. The largest absolute Gasteiger partial charge is 0.398 e. The molecule has 4 nitrogen and oxygen atoms in total. The van der Waals surface area contributed by atoms with Crippen molar-refractivity contribution < 1.29 is 8.42 Å². The molecule has 0 saturated heterocycles. The zero-order valence-electron chi connectivity index (χ0n) is 13.4. The van der Waals surface area contributed by atoms with Crippen LogP contribution in [-0.2, 0) is 10.0 Å². The quantitative estimate of drug-likeness (QED) is 0.842. The molecule has 1 aliphatic carbocycles. The van der Waals surface area contributed by atoms with Crippen LogP contribution in [0.1, 0.15) is 50.7 Å². The maximum atomic E-state index is 12.8. The number of rotatable bonds is 3. The topological polar surface area (TPSA) is 72.2 Å². The fraction of sp³-hybridized carbons (Fsp3) is 0.625. The first kappa shape index (κ1) is 16.3. The first-order chi connectivity index (χ1) is 9.65. The molecule has 5 heteroatoms. The first-order valence-electron chi connectivity index (χ1n) is 7.53. The average Bonchev–Trinajstić information content (AvgIpc) is 2.36.